The van der Waals surface area contributed by atoms with E-state index in [1.807, 2.05) is 84.9 Å². The Labute approximate surface area is 186 Å². The zero-order valence-electron chi connectivity index (χ0n) is 17.3. The lowest BCUT2D eigenvalue weighted by molar-refractivity contribution is 0.112. The van der Waals surface area contributed by atoms with Gasteiger partial charge in [0.15, 0.2) is 6.29 Å². The lowest BCUT2D eigenvalue weighted by atomic mass is 9.91. The van der Waals surface area contributed by atoms with Crippen LogP contribution in [0.1, 0.15) is 16.1 Å². The van der Waals surface area contributed by atoms with Crippen LogP contribution in [0.5, 0.6) is 5.75 Å². The highest BCUT2D eigenvalue weighted by Crippen LogP contribution is 2.37. The van der Waals surface area contributed by atoms with E-state index < -0.39 is 0 Å². The van der Waals surface area contributed by atoms with E-state index >= 15 is 0 Å². The maximum absolute atomic E-state index is 12.1. The fraction of sp³-hybridized carbons (Fsp3) is 0.0357. The second-order valence-electron chi connectivity index (χ2n) is 7.44. The van der Waals surface area contributed by atoms with Crippen LogP contribution in [0.15, 0.2) is 103 Å². The van der Waals surface area contributed by atoms with Gasteiger partial charge < -0.3 is 4.74 Å². The summed E-state index contributed by atoms with van der Waals surface area (Å²) < 4.78 is 6.10. The van der Waals surface area contributed by atoms with E-state index in [2.05, 4.69) is 9.97 Å². The summed E-state index contributed by atoms with van der Waals surface area (Å²) >= 11 is 0. The second kappa shape index (κ2) is 8.82. The number of ether oxygens (including phenoxy) is 1. The van der Waals surface area contributed by atoms with Gasteiger partial charge in [-0.05, 0) is 53.1 Å². The highest BCUT2D eigenvalue weighted by atomic mass is 16.5. The average molecular weight is 416 g/mol. The molecule has 0 saturated heterocycles. The Hall–Kier alpha value is -4.31. The summed E-state index contributed by atoms with van der Waals surface area (Å²) in [5.74, 6) is 0.619. The van der Waals surface area contributed by atoms with E-state index in [9.17, 15) is 4.79 Å². The number of aldehydes is 1. The minimum absolute atomic E-state index is 0.309. The predicted octanol–water partition coefficient (Wildman–Crippen LogP) is 6.36. The smallest absolute Gasteiger partial charge is 0.150 e. The van der Waals surface area contributed by atoms with Gasteiger partial charge in [0, 0.05) is 28.9 Å². The summed E-state index contributed by atoms with van der Waals surface area (Å²) in [6.45, 7) is 0.309. The van der Waals surface area contributed by atoms with Crippen molar-refractivity contribution in [3.05, 3.63) is 115 Å². The Morgan fingerprint density at radius 2 is 1.56 bits per heavy atom. The third kappa shape index (κ3) is 3.98. The van der Waals surface area contributed by atoms with Crippen LogP contribution in [0.4, 0.5) is 0 Å². The van der Waals surface area contributed by atoms with Gasteiger partial charge in [-0.25, -0.2) is 4.98 Å². The van der Waals surface area contributed by atoms with Crippen LogP contribution in [-0.2, 0) is 6.61 Å². The zero-order chi connectivity index (χ0) is 21.8. The van der Waals surface area contributed by atoms with Crippen LogP contribution in [0.25, 0.3) is 33.2 Å². The number of fused-ring (bicyclic) bond motifs is 1. The molecule has 0 radical (unpaired) electrons. The van der Waals surface area contributed by atoms with Gasteiger partial charge in [0.2, 0.25) is 0 Å². The number of nitrogens with zero attached hydrogens (tertiary/aromatic N) is 2. The number of benzene rings is 3. The topological polar surface area (TPSA) is 52.1 Å². The molecule has 154 valence electrons. The fourth-order valence-electron chi connectivity index (χ4n) is 3.85. The lowest BCUT2D eigenvalue weighted by Gasteiger charge is -2.16. The molecular weight excluding hydrogens is 396 g/mol. The maximum atomic E-state index is 12.1. The molecule has 5 rings (SSSR count). The van der Waals surface area contributed by atoms with Crippen LogP contribution in [0.3, 0.4) is 0 Å². The van der Waals surface area contributed by atoms with E-state index in [-0.39, 0.29) is 0 Å². The minimum Gasteiger partial charge on any atom is -0.487 e. The quantitative estimate of drug-likeness (QED) is 0.302. The second-order valence-corrected chi connectivity index (χ2v) is 7.44. The molecule has 4 heteroatoms. The summed E-state index contributed by atoms with van der Waals surface area (Å²) in [6, 6.07) is 29.5. The third-order valence-corrected chi connectivity index (χ3v) is 5.37. The van der Waals surface area contributed by atoms with Gasteiger partial charge in [-0.1, -0.05) is 54.6 Å². The first-order valence-corrected chi connectivity index (χ1v) is 10.4. The molecule has 2 heterocycles. The van der Waals surface area contributed by atoms with Crippen molar-refractivity contribution in [2.24, 2.45) is 0 Å². The van der Waals surface area contributed by atoms with E-state index in [4.69, 9.17) is 4.74 Å². The molecule has 0 aliphatic heterocycles. The Morgan fingerprint density at radius 3 is 2.38 bits per heavy atom. The van der Waals surface area contributed by atoms with Crippen molar-refractivity contribution in [3.63, 3.8) is 0 Å². The van der Waals surface area contributed by atoms with Crippen molar-refractivity contribution in [1.82, 2.24) is 9.97 Å². The van der Waals surface area contributed by atoms with Gasteiger partial charge in [-0.15, -0.1) is 0 Å². The standard InChI is InChI=1S/C28H20N2O2/c31-18-23-16-25(32-19-24-11-10-21-6-4-5-9-27(21)30-24)17-26(20-12-14-29-15-13-20)28(23)22-7-2-1-3-8-22/h1-18H,19H2. The first-order chi connectivity index (χ1) is 15.8. The summed E-state index contributed by atoms with van der Waals surface area (Å²) in [5, 5.41) is 1.09. The summed E-state index contributed by atoms with van der Waals surface area (Å²) in [4.78, 5) is 20.9. The van der Waals surface area contributed by atoms with Crippen LogP contribution in [0.2, 0.25) is 0 Å². The van der Waals surface area contributed by atoms with Gasteiger partial charge in [-0.2, -0.15) is 0 Å². The monoisotopic (exact) mass is 416 g/mol. The number of rotatable bonds is 6. The van der Waals surface area contributed by atoms with E-state index in [1.165, 1.54) is 0 Å². The molecule has 0 amide bonds. The fourth-order valence-corrected chi connectivity index (χ4v) is 3.85. The maximum Gasteiger partial charge on any atom is 0.150 e. The molecule has 0 unspecified atom stereocenters. The third-order valence-electron chi connectivity index (χ3n) is 5.37. The number of pyridine rings is 2. The number of aromatic nitrogens is 2. The molecule has 0 N–H and O–H groups in total. The number of carbonyl (C=O) groups excluding carboxylic acids is 1. The Kier molecular flexibility index (Phi) is 5.41. The van der Waals surface area contributed by atoms with Crippen molar-refractivity contribution in [2.75, 3.05) is 0 Å². The predicted molar refractivity (Wildman–Crippen MR) is 127 cm³/mol. The van der Waals surface area contributed by atoms with Crippen molar-refractivity contribution < 1.29 is 9.53 Å². The number of para-hydroxylation sites is 1. The largest absolute Gasteiger partial charge is 0.487 e. The molecule has 2 aromatic heterocycles. The number of carbonyl (C=O) groups is 1. The molecule has 0 bridgehead atoms. The molecule has 0 spiro atoms. The first-order valence-electron chi connectivity index (χ1n) is 10.4. The summed E-state index contributed by atoms with van der Waals surface area (Å²) in [6.07, 6.45) is 4.38. The number of hydrogen-bond donors (Lipinski definition) is 0. The molecule has 0 saturated carbocycles. The molecule has 0 aliphatic carbocycles. The molecule has 0 fully saturated rings. The van der Waals surface area contributed by atoms with Gasteiger partial charge in [0.05, 0.1) is 11.2 Å². The molecule has 0 aliphatic rings. The number of hydrogen-bond acceptors (Lipinski definition) is 4. The Morgan fingerprint density at radius 1 is 0.781 bits per heavy atom. The highest BCUT2D eigenvalue weighted by Gasteiger charge is 2.15. The molecule has 4 nitrogen and oxygen atoms in total. The Bertz CT molecular complexity index is 1380. The zero-order valence-corrected chi connectivity index (χ0v) is 17.3. The van der Waals surface area contributed by atoms with Gasteiger partial charge in [0.25, 0.3) is 0 Å². The Balaban J connectivity index is 1.55. The van der Waals surface area contributed by atoms with E-state index in [0.717, 1.165) is 45.1 Å². The molecular formula is C28H20N2O2. The first kappa shape index (κ1) is 19.6. The van der Waals surface area contributed by atoms with E-state index in [0.29, 0.717) is 17.9 Å². The average Bonchev–Trinajstić information content (AvgIpc) is 2.87. The van der Waals surface area contributed by atoms with Crippen LogP contribution >= 0.6 is 0 Å². The van der Waals surface area contributed by atoms with Crippen LogP contribution in [0, 0.1) is 0 Å². The van der Waals surface area contributed by atoms with Crippen molar-refractivity contribution in [1.29, 1.82) is 0 Å². The van der Waals surface area contributed by atoms with Crippen LogP contribution < -0.4 is 4.74 Å². The van der Waals surface area contributed by atoms with Gasteiger partial charge in [0.1, 0.15) is 12.4 Å². The molecule has 0 atom stereocenters. The van der Waals surface area contributed by atoms with Crippen molar-refractivity contribution in [3.8, 4) is 28.0 Å². The van der Waals surface area contributed by atoms with E-state index in [1.54, 1.807) is 18.5 Å². The molecule has 3 aromatic carbocycles. The summed E-state index contributed by atoms with van der Waals surface area (Å²) in [5.41, 5.74) is 6.08. The summed E-state index contributed by atoms with van der Waals surface area (Å²) in [7, 11) is 0. The molecule has 32 heavy (non-hydrogen) atoms. The lowest BCUT2D eigenvalue weighted by Crippen LogP contribution is -2.01. The van der Waals surface area contributed by atoms with Gasteiger partial charge >= 0.3 is 0 Å². The molecule has 5 aromatic rings. The SMILES string of the molecule is O=Cc1cc(OCc2ccc3ccccc3n2)cc(-c2ccncc2)c1-c1ccccc1. The van der Waals surface area contributed by atoms with Gasteiger partial charge in [-0.3, -0.25) is 9.78 Å². The van der Waals surface area contributed by atoms with Crippen molar-refractivity contribution in [2.45, 2.75) is 6.61 Å². The van der Waals surface area contributed by atoms with Crippen molar-refractivity contribution >= 4 is 17.2 Å². The minimum atomic E-state index is 0.309. The normalized spacial score (nSPS) is 10.8. The highest BCUT2D eigenvalue weighted by molar-refractivity contribution is 5.96. The van der Waals surface area contributed by atoms with Crippen LogP contribution in [-0.4, -0.2) is 16.3 Å².